The molecule has 14 heavy (non-hydrogen) atoms. The molecule has 1 nitrogen and oxygen atoms in total. The lowest BCUT2D eigenvalue weighted by atomic mass is 9.89. The van der Waals surface area contributed by atoms with Crippen LogP contribution in [0.4, 0.5) is 0 Å². The molecule has 1 aliphatic rings. The van der Waals surface area contributed by atoms with E-state index in [4.69, 9.17) is 0 Å². The maximum atomic E-state index is 3.50. The van der Waals surface area contributed by atoms with Crippen LogP contribution in [0.5, 0.6) is 0 Å². The van der Waals surface area contributed by atoms with E-state index in [-0.39, 0.29) is 0 Å². The smallest absolute Gasteiger partial charge is 0.0105 e. The molecular formula is C13H27N. The van der Waals surface area contributed by atoms with Crippen LogP contribution in [0, 0.1) is 5.92 Å². The first-order valence-electron chi connectivity index (χ1n) is 6.16. The van der Waals surface area contributed by atoms with Gasteiger partial charge in [-0.3, -0.25) is 0 Å². The van der Waals surface area contributed by atoms with Crippen molar-refractivity contribution in [2.24, 2.45) is 5.92 Å². The Morgan fingerprint density at radius 2 is 2.07 bits per heavy atom. The summed E-state index contributed by atoms with van der Waals surface area (Å²) in [4.78, 5) is 0. The Balaban J connectivity index is 0.000000791. The lowest BCUT2D eigenvalue weighted by Crippen LogP contribution is -2.30. The van der Waals surface area contributed by atoms with Crippen LogP contribution in [-0.4, -0.2) is 12.6 Å². The Morgan fingerprint density at radius 3 is 2.43 bits per heavy atom. The van der Waals surface area contributed by atoms with Crippen LogP contribution in [-0.2, 0) is 0 Å². The van der Waals surface area contributed by atoms with E-state index >= 15 is 0 Å². The molecule has 0 spiro atoms. The van der Waals surface area contributed by atoms with Crippen molar-refractivity contribution in [1.29, 1.82) is 0 Å². The zero-order chi connectivity index (χ0) is 11.0. The summed E-state index contributed by atoms with van der Waals surface area (Å²) in [6.07, 6.45) is 6.30. The van der Waals surface area contributed by atoms with Gasteiger partial charge in [-0.2, -0.15) is 0 Å². The Hall–Kier alpha value is -0.300. The maximum Gasteiger partial charge on any atom is 0.0105 e. The summed E-state index contributed by atoms with van der Waals surface area (Å²) in [7, 11) is 0. The van der Waals surface area contributed by atoms with Gasteiger partial charge in [0.25, 0.3) is 0 Å². The Labute approximate surface area is 90.0 Å². The highest BCUT2D eigenvalue weighted by atomic mass is 14.9. The van der Waals surface area contributed by atoms with Crippen molar-refractivity contribution in [1.82, 2.24) is 5.32 Å². The van der Waals surface area contributed by atoms with Crippen molar-refractivity contribution in [2.45, 2.75) is 59.9 Å². The molecule has 1 rings (SSSR count). The highest BCUT2D eigenvalue weighted by Gasteiger charge is 2.14. The van der Waals surface area contributed by atoms with E-state index in [2.05, 4.69) is 32.2 Å². The molecule has 1 heteroatoms. The quantitative estimate of drug-likeness (QED) is 0.679. The number of hydrogen-bond acceptors (Lipinski definition) is 1. The Bertz CT molecular complexity index is 159. The van der Waals surface area contributed by atoms with Gasteiger partial charge >= 0.3 is 0 Å². The first-order valence-corrected chi connectivity index (χ1v) is 6.16. The molecule has 1 atom stereocenters. The van der Waals surface area contributed by atoms with Crippen molar-refractivity contribution in [3.63, 3.8) is 0 Å². The van der Waals surface area contributed by atoms with Gasteiger partial charge in [0.1, 0.15) is 0 Å². The zero-order valence-corrected chi connectivity index (χ0v) is 10.6. The summed E-state index contributed by atoms with van der Waals surface area (Å²) < 4.78 is 0. The highest BCUT2D eigenvalue weighted by Crippen LogP contribution is 2.23. The van der Waals surface area contributed by atoms with E-state index in [9.17, 15) is 0 Å². The van der Waals surface area contributed by atoms with E-state index in [1.807, 2.05) is 13.8 Å². The van der Waals surface area contributed by atoms with E-state index in [0.717, 1.165) is 18.5 Å². The molecule has 0 aromatic heterocycles. The van der Waals surface area contributed by atoms with Crippen molar-refractivity contribution >= 4 is 0 Å². The predicted molar refractivity (Wildman–Crippen MR) is 65.6 cm³/mol. The molecule has 0 aromatic rings. The SMILES string of the molecule is CC.CCNC1CC=C(C(C)C)CC1. The fraction of sp³-hybridized carbons (Fsp3) is 0.846. The molecule has 0 bridgehead atoms. The summed E-state index contributed by atoms with van der Waals surface area (Å²) in [5.41, 5.74) is 1.66. The van der Waals surface area contributed by atoms with Crippen LogP contribution in [0.25, 0.3) is 0 Å². The van der Waals surface area contributed by atoms with Gasteiger partial charge in [0, 0.05) is 6.04 Å². The second-order valence-corrected chi connectivity index (χ2v) is 3.96. The molecule has 0 aromatic carbocycles. The third-order valence-corrected chi connectivity index (χ3v) is 2.68. The molecule has 0 heterocycles. The molecular weight excluding hydrogens is 170 g/mol. The highest BCUT2D eigenvalue weighted by molar-refractivity contribution is 5.09. The molecule has 0 saturated heterocycles. The number of hydrogen-bond donors (Lipinski definition) is 1. The fourth-order valence-corrected chi connectivity index (χ4v) is 1.85. The molecule has 84 valence electrons. The van der Waals surface area contributed by atoms with E-state index in [1.165, 1.54) is 19.3 Å². The molecule has 1 unspecified atom stereocenters. The largest absolute Gasteiger partial charge is 0.314 e. The minimum atomic E-state index is 0.748. The molecule has 0 radical (unpaired) electrons. The van der Waals surface area contributed by atoms with Gasteiger partial charge in [-0.05, 0) is 31.7 Å². The summed E-state index contributed by atoms with van der Waals surface area (Å²) in [5, 5.41) is 3.50. The third-order valence-electron chi connectivity index (χ3n) is 2.68. The molecule has 1 N–H and O–H groups in total. The molecule has 1 aliphatic carbocycles. The predicted octanol–water partition coefficient (Wildman–Crippen LogP) is 3.76. The molecule has 0 aliphatic heterocycles. The first-order chi connectivity index (χ1) is 6.74. The van der Waals surface area contributed by atoms with Gasteiger partial charge < -0.3 is 5.32 Å². The van der Waals surface area contributed by atoms with Crippen LogP contribution in [0.1, 0.15) is 53.9 Å². The van der Waals surface area contributed by atoms with Gasteiger partial charge in [0.15, 0.2) is 0 Å². The first kappa shape index (κ1) is 13.7. The minimum Gasteiger partial charge on any atom is -0.314 e. The summed E-state index contributed by atoms with van der Waals surface area (Å²) in [6, 6.07) is 0.748. The average Bonchev–Trinajstić information content (AvgIpc) is 2.22. The normalized spacial score (nSPS) is 21.3. The van der Waals surface area contributed by atoms with Crippen molar-refractivity contribution in [3.05, 3.63) is 11.6 Å². The fourth-order valence-electron chi connectivity index (χ4n) is 1.85. The van der Waals surface area contributed by atoms with Gasteiger partial charge in [0.05, 0.1) is 0 Å². The van der Waals surface area contributed by atoms with Crippen LogP contribution in [0.3, 0.4) is 0 Å². The monoisotopic (exact) mass is 197 g/mol. The average molecular weight is 197 g/mol. The van der Waals surface area contributed by atoms with Gasteiger partial charge in [-0.25, -0.2) is 0 Å². The lowest BCUT2D eigenvalue weighted by molar-refractivity contribution is 0.465. The maximum absolute atomic E-state index is 3.50. The lowest BCUT2D eigenvalue weighted by Gasteiger charge is -2.24. The van der Waals surface area contributed by atoms with Crippen molar-refractivity contribution < 1.29 is 0 Å². The topological polar surface area (TPSA) is 12.0 Å². The summed E-state index contributed by atoms with van der Waals surface area (Å²) in [6.45, 7) is 11.9. The summed E-state index contributed by atoms with van der Waals surface area (Å²) in [5.74, 6) is 0.757. The molecule has 0 fully saturated rings. The number of rotatable bonds is 3. The molecule has 0 saturated carbocycles. The second-order valence-electron chi connectivity index (χ2n) is 3.96. The number of nitrogens with one attached hydrogen (secondary N) is 1. The number of allylic oxidation sites excluding steroid dienone is 1. The zero-order valence-electron chi connectivity index (χ0n) is 10.6. The van der Waals surface area contributed by atoms with E-state index in [1.54, 1.807) is 5.57 Å². The van der Waals surface area contributed by atoms with Gasteiger partial charge in [0.2, 0.25) is 0 Å². The van der Waals surface area contributed by atoms with Crippen molar-refractivity contribution in [2.75, 3.05) is 6.54 Å². The minimum absolute atomic E-state index is 0.748. The summed E-state index contributed by atoms with van der Waals surface area (Å²) >= 11 is 0. The van der Waals surface area contributed by atoms with E-state index in [0.29, 0.717) is 0 Å². The van der Waals surface area contributed by atoms with Crippen molar-refractivity contribution in [3.8, 4) is 0 Å². The standard InChI is InChI=1S/C11H21N.C2H6/c1-4-12-11-7-5-10(6-8-11)9(2)3;1-2/h5,9,11-12H,4,6-8H2,1-3H3;1-2H3. The Kier molecular flexibility index (Phi) is 7.87. The van der Waals surface area contributed by atoms with Gasteiger partial charge in [-0.15, -0.1) is 0 Å². The van der Waals surface area contributed by atoms with Gasteiger partial charge in [-0.1, -0.05) is 46.3 Å². The van der Waals surface area contributed by atoms with Crippen LogP contribution < -0.4 is 5.32 Å². The molecule has 0 amide bonds. The van der Waals surface area contributed by atoms with Crippen LogP contribution >= 0.6 is 0 Å². The second kappa shape index (κ2) is 8.05. The third kappa shape index (κ3) is 4.80. The van der Waals surface area contributed by atoms with Crippen LogP contribution in [0.2, 0.25) is 0 Å². The van der Waals surface area contributed by atoms with E-state index < -0.39 is 0 Å². The van der Waals surface area contributed by atoms with Crippen LogP contribution in [0.15, 0.2) is 11.6 Å². The Morgan fingerprint density at radius 1 is 1.43 bits per heavy atom.